The maximum absolute atomic E-state index is 11.6. The van der Waals surface area contributed by atoms with E-state index in [9.17, 15) is 4.79 Å². The summed E-state index contributed by atoms with van der Waals surface area (Å²) in [6.45, 7) is 7.80. The van der Waals surface area contributed by atoms with Crippen molar-refractivity contribution in [1.29, 1.82) is 0 Å². The van der Waals surface area contributed by atoms with E-state index in [1.54, 1.807) is 6.33 Å². The number of hydrogen-bond donors (Lipinski definition) is 2. The fourth-order valence-corrected chi connectivity index (χ4v) is 4.90. The van der Waals surface area contributed by atoms with E-state index in [1.807, 2.05) is 37.3 Å². The van der Waals surface area contributed by atoms with Crippen molar-refractivity contribution < 1.29 is 4.74 Å². The van der Waals surface area contributed by atoms with Crippen molar-refractivity contribution in [3.8, 4) is 11.4 Å². The Kier molecular flexibility index (Phi) is 6.42. The predicted molar refractivity (Wildman–Crippen MR) is 145 cm³/mol. The molecule has 11 heteroatoms. The molecule has 0 amide bonds. The molecule has 1 aromatic carbocycles. The molecule has 0 spiro atoms. The number of aromatic amines is 1. The van der Waals surface area contributed by atoms with Gasteiger partial charge in [0.15, 0.2) is 5.82 Å². The highest BCUT2D eigenvalue weighted by molar-refractivity contribution is 5.66. The third kappa shape index (κ3) is 4.92. The van der Waals surface area contributed by atoms with Crippen molar-refractivity contribution in [3.63, 3.8) is 0 Å². The first-order valence-electron chi connectivity index (χ1n) is 12.7. The first-order chi connectivity index (χ1) is 18.5. The Morgan fingerprint density at radius 2 is 1.95 bits per heavy atom. The lowest BCUT2D eigenvalue weighted by Gasteiger charge is -2.38. The number of morpholine rings is 1. The maximum Gasteiger partial charge on any atom is 0.252 e. The summed E-state index contributed by atoms with van der Waals surface area (Å²) in [5, 5.41) is 3.12. The normalized spacial score (nSPS) is 17.3. The molecule has 2 aliphatic heterocycles. The lowest BCUT2D eigenvalue weighted by atomic mass is 10.0. The molecule has 2 aliphatic rings. The van der Waals surface area contributed by atoms with Crippen LogP contribution in [0, 0.1) is 6.92 Å². The molecule has 0 aliphatic carbocycles. The number of nitrogens with zero attached hydrogens (tertiary/aromatic N) is 7. The standard InChI is InChI=1S/C27H29N9O2/c1-17-13-23(30-16-29-17)35-10-8-21-22(14-35)32-25(34-26(21)36-11-12-38-15-18(36)2)19-3-5-20(6-4-19)31-27-28-9-7-24(37)33-27/h3-7,9,13,16,18H,8,10-12,14-15H2,1-2H3,(H2,28,31,33,37). The van der Waals surface area contributed by atoms with E-state index in [2.05, 4.69) is 42.0 Å². The van der Waals surface area contributed by atoms with Crippen LogP contribution in [0.3, 0.4) is 0 Å². The van der Waals surface area contributed by atoms with E-state index in [-0.39, 0.29) is 11.6 Å². The molecule has 5 heterocycles. The van der Waals surface area contributed by atoms with Crippen LogP contribution in [-0.2, 0) is 17.7 Å². The van der Waals surface area contributed by atoms with Crippen LogP contribution in [0.4, 0.5) is 23.3 Å². The Hall–Kier alpha value is -4.38. The van der Waals surface area contributed by atoms with Crippen LogP contribution in [0.25, 0.3) is 11.4 Å². The average molecular weight is 512 g/mol. The van der Waals surface area contributed by atoms with Crippen molar-refractivity contribution >= 4 is 23.3 Å². The Labute approximate surface area is 220 Å². The molecule has 1 fully saturated rings. The Morgan fingerprint density at radius 1 is 1.08 bits per heavy atom. The Bertz CT molecular complexity index is 1510. The van der Waals surface area contributed by atoms with Crippen LogP contribution in [0.1, 0.15) is 23.9 Å². The number of hydrogen-bond acceptors (Lipinski definition) is 10. The average Bonchev–Trinajstić information content (AvgIpc) is 2.93. The largest absolute Gasteiger partial charge is 0.377 e. The van der Waals surface area contributed by atoms with E-state index < -0.39 is 0 Å². The molecule has 1 saturated heterocycles. The molecule has 0 radical (unpaired) electrons. The van der Waals surface area contributed by atoms with Gasteiger partial charge in [0.05, 0.1) is 31.5 Å². The second kappa shape index (κ2) is 10.2. The molecule has 11 nitrogen and oxygen atoms in total. The van der Waals surface area contributed by atoms with Gasteiger partial charge >= 0.3 is 0 Å². The van der Waals surface area contributed by atoms with Gasteiger partial charge in [-0.05, 0) is 44.5 Å². The third-order valence-corrected chi connectivity index (χ3v) is 6.87. The summed E-state index contributed by atoms with van der Waals surface area (Å²) in [6, 6.07) is 11.4. The third-order valence-electron chi connectivity index (χ3n) is 6.87. The summed E-state index contributed by atoms with van der Waals surface area (Å²) < 4.78 is 5.71. The highest BCUT2D eigenvalue weighted by Gasteiger charge is 2.29. The zero-order valence-electron chi connectivity index (χ0n) is 21.4. The topological polar surface area (TPSA) is 125 Å². The quantitative estimate of drug-likeness (QED) is 0.413. The number of benzene rings is 1. The number of fused-ring (bicyclic) bond motifs is 1. The monoisotopic (exact) mass is 511 g/mol. The van der Waals surface area contributed by atoms with E-state index in [0.717, 1.165) is 53.8 Å². The highest BCUT2D eigenvalue weighted by atomic mass is 16.5. The smallest absolute Gasteiger partial charge is 0.252 e. The minimum Gasteiger partial charge on any atom is -0.377 e. The predicted octanol–water partition coefficient (Wildman–Crippen LogP) is 2.86. The molecular weight excluding hydrogens is 482 g/mol. The van der Waals surface area contributed by atoms with Gasteiger partial charge in [-0.15, -0.1) is 0 Å². The summed E-state index contributed by atoms with van der Waals surface area (Å²) in [4.78, 5) is 41.9. The number of H-pyrrole nitrogens is 1. The number of anilines is 4. The Morgan fingerprint density at radius 3 is 2.74 bits per heavy atom. The SMILES string of the molecule is Cc1cc(N2CCc3c(nc(-c4ccc(Nc5nccc(=O)[nH]5)cc4)nc3N3CCOCC3C)C2)ncn1. The lowest BCUT2D eigenvalue weighted by molar-refractivity contribution is 0.0984. The van der Waals surface area contributed by atoms with Gasteiger partial charge in [0.25, 0.3) is 5.56 Å². The Balaban J connectivity index is 1.35. The molecule has 4 aromatic rings. The molecule has 2 N–H and O–H groups in total. The molecule has 6 rings (SSSR count). The van der Waals surface area contributed by atoms with E-state index >= 15 is 0 Å². The zero-order valence-corrected chi connectivity index (χ0v) is 21.4. The van der Waals surface area contributed by atoms with Crippen molar-refractivity contribution in [1.82, 2.24) is 29.9 Å². The lowest BCUT2D eigenvalue weighted by Crippen LogP contribution is -2.45. The van der Waals surface area contributed by atoms with Crippen molar-refractivity contribution in [2.45, 2.75) is 32.9 Å². The van der Waals surface area contributed by atoms with E-state index in [0.29, 0.717) is 31.5 Å². The van der Waals surface area contributed by atoms with Gasteiger partial charge < -0.3 is 19.9 Å². The van der Waals surface area contributed by atoms with Crippen LogP contribution in [0.15, 0.2) is 53.7 Å². The van der Waals surface area contributed by atoms with Gasteiger partial charge in [0.1, 0.15) is 18.0 Å². The minimum atomic E-state index is -0.211. The van der Waals surface area contributed by atoms with Crippen molar-refractivity contribution in [3.05, 3.63) is 76.2 Å². The zero-order chi connectivity index (χ0) is 26.1. The van der Waals surface area contributed by atoms with E-state index in [1.165, 1.54) is 17.8 Å². The van der Waals surface area contributed by atoms with Crippen LogP contribution in [0.5, 0.6) is 0 Å². The van der Waals surface area contributed by atoms with Crippen molar-refractivity contribution in [2.75, 3.05) is 41.4 Å². The first-order valence-corrected chi connectivity index (χ1v) is 12.7. The summed E-state index contributed by atoms with van der Waals surface area (Å²) in [5.74, 6) is 2.97. The number of ether oxygens (including phenoxy) is 1. The van der Waals surface area contributed by atoms with Gasteiger partial charge in [0.2, 0.25) is 5.95 Å². The second-order valence-corrected chi connectivity index (χ2v) is 9.59. The van der Waals surface area contributed by atoms with Crippen LogP contribution in [0.2, 0.25) is 0 Å². The van der Waals surface area contributed by atoms with Crippen LogP contribution < -0.4 is 20.7 Å². The van der Waals surface area contributed by atoms with Gasteiger partial charge in [-0.3, -0.25) is 9.78 Å². The van der Waals surface area contributed by atoms with Gasteiger partial charge in [0, 0.05) is 53.9 Å². The van der Waals surface area contributed by atoms with Crippen molar-refractivity contribution in [2.24, 2.45) is 0 Å². The summed E-state index contributed by atoms with van der Waals surface area (Å²) >= 11 is 0. The fraction of sp³-hybridized carbons (Fsp3) is 0.333. The molecule has 0 saturated carbocycles. The maximum atomic E-state index is 11.6. The highest BCUT2D eigenvalue weighted by Crippen LogP contribution is 2.33. The second-order valence-electron chi connectivity index (χ2n) is 9.59. The minimum absolute atomic E-state index is 0.211. The fourth-order valence-electron chi connectivity index (χ4n) is 4.90. The summed E-state index contributed by atoms with van der Waals surface area (Å²) in [7, 11) is 0. The molecular formula is C27H29N9O2. The molecule has 38 heavy (non-hydrogen) atoms. The number of nitrogens with one attached hydrogen (secondary N) is 2. The van der Waals surface area contributed by atoms with Gasteiger partial charge in [-0.1, -0.05) is 0 Å². The molecule has 3 aromatic heterocycles. The molecule has 194 valence electrons. The van der Waals surface area contributed by atoms with Gasteiger partial charge in [-0.2, -0.15) is 0 Å². The van der Waals surface area contributed by atoms with Gasteiger partial charge in [-0.25, -0.2) is 24.9 Å². The number of aromatic nitrogens is 6. The summed E-state index contributed by atoms with van der Waals surface area (Å²) in [5.41, 5.74) is 4.65. The van der Waals surface area contributed by atoms with Crippen LogP contribution in [-0.4, -0.2) is 62.2 Å². The summed E-state index contributed by atoms with van der Waals surface area (Å²) in [6.07, 6.45) is 3.92. The number of aryl methyl sites for hydroxylation is 1. The molecule has 0 bridgehead atoms. The van der Waals surface area contributed by atoms with Crippen LogP contribution >= 0.6 is 0 Å². The first kappa shape index (κ1) is 24.0. The van der Waals surface area contributed by atoms with E-state index in [4.69, 9.17) is 14.7 Å². The molecule has 1 atom stereocenters. The molecule has 1 unspecified atom stereocenters. The number of rotatable bonds is 5.